The van der Waals surface area contributed by atoms with Crippen LogP contribution in [0.1, 0.15) is 43.2 Å². The molecule has 0 spiro atoms. The Hall–Kier alpha value is -0.265. The van der Waals surface area contributed by atoms with Gasteiger partial charge in [-0.05, 0) is 42.4 Å². The molecular weight excluding hydrogens is 398 g/mol. The monoisotopic (exact) mass is 424 g/mol. The molecule has 1 aromatic rings. The number of rotatable bonds is 8. The molecular formula is C18H26BIN2O. The van der Waals surface area contributed by atoms with E-state index in [4.69, 9.17) is 18.3 Å². The largest absolute Gasteiger partial charge is 0.493 e. The van der Waals surface area contributed by atoms with E-state index < -0.39 is 0 Å². The lowest BCUT2D eigenvalue weighted by molar-refractivity contribution is 0.173. The highest BCUT2D eigenvalue weighted by molar-refractivity contribution is 14.1. The van der Waals surface area contributed by atoms with Crippen LogP contribution in [0.5, 0.6) is 5.75 Å². The number of nitrogens with two attached hydrogens (primary N) is 1. The van der Waals surface area contributed by atoms with Gasteiger partial charge in [0.05, 0.1) is 18.0 Å². The summed E-state index contributed by atoms with van der Waals surface area (Å²) in [5, 5.41) is 3.68. The van der Waals surface area contributed by atoms with E-state index in [1.54, 1.807) is 0 Å². The Morgan fingerprint density at radius 3 is 2.96 bits per heavy atom. The number of hydrogen-bond acceptors (Lipinski definition) is 3. The molecule has 2 radical (unpaired) electrons. The quantitative estimate of drug-likeness (QED) is 0.221. The zero-order valence-corrected chi connectivity index (χ0v) is 15.8. The van der Waals surface area contributed by atoms with E-state index in [0.717, 1.165) is 50.9 Å². The van der Waals surface area contributed by atoms with E-state index in [9.17, 15) is 0 Å². The van der Waals surface area contributed by atoms with Gasteiger partial charge in [-0.1, -0.05) is 53.9 Å². The first-order valence-electron chi connectivity index (χ1n) is 8.74. The van der Waals surface area contributed by atoms with Crippen molar-refractivity contribution in [1.82, 2.24) is 5.32 Å². The molecule has 1 fully saturated rings. The number of nitrogens with one attached hydrogen (secondary N) is 1. The lowest BCUT2D eigenvalue weighted by Crippen LogP contribution is -2.53. The fourth-order valence-corrected chi connectivity index (χ4v) is 4.42. The minimum Gasteiger partial charge on any atom is -0.493 e. The minimum atomic E-state index is -0.0595. The molecule has 1 atom stereocenters. The van der Waals surface area contributed by atoms with Gasteiger partial charge in [0.15, 0.2) is 0 Å². The third-order valence-corrected chi connectivity index (χ3v) is 6.60. The van der Waals surface area contributed by atoms with Crippen LogP contribution >= 0.6 is 22.6 Å². The Morgan fingerprint density at radius 1 is 1.35 bits per heavy atom. The van der Waals surface area contributed by atoms with Crippen LogP contribution in [0.25, 0.3) is 0 Å². The Bertz CT molecular complexity index is 532. The van der Waals surface area contributed by atoms with Crippen molar-refractivity contribution in [2.24, 2.45) is 11.7 Å². The summed E-state index contributed by atoms with van der Waals surface area (Å²) in [6.45, 7) is 1.77. The van der Waals surface area contributed by atoms with Crippen molar-refractivity contribution in [2.45, 2.75) is 61.0 Å². The SMILES string of the molecule is [B]CCCCC(N)(I)C1CC(NCc2ccc3c(c2)CCO3)C1. The number of fused-ring (bicyclic) bond motifs is 1. The van der Waals surface area contributed by atoms with E-state index in [-0.39, 0.29) is 3.55 Å². The fraction of sp³-hybridized carbons (Fsp3) is 0.667. The summed E-state index contributed by atoms with van der Waals surface area (Å²) in [5.41, 5.74) is 9.20. The van der Waals surface area contributed by atoms with Gasteiger partial charge in [0.1, 0.15) is 5.75 Å². The molecule has 1 unspecified atom stereocenters. The lowest BCUT2D eigenvalue weighted by Gasteiger charge is -2.44. The summed E-state index contributed by atoms with van der Waals surface area (Å²) < 4.78 is 5.50. The van der Waals surface area contributed by atoms with E-state index in [1.807, 2.05) is 0 Å². The highest BCUT2D eigenvalue weighted by atomic mass is 127. The van der Waals surface area contributed by atoms with Crippen LogP contribution in [0.3, 0.4) is 0 Å². The summed E-state index contributed by atoms with van der Waals surface area (Å²) in [7, 11) is 5.57. The molecule has 5 heteroatoms. The zero-order chi connectivity index (χ0) is 16.3. The van der Waals surface area contributed by atoms with Crippen molar-refractivity contribution >= 4 is 30.4 Å². The average Bonchev–Trinajstić information content (AvgIpc) is 2.93. The van der Waals surface area contributed by atoms with Gasteiger partial charge in [-0.25, -0.2) is 0 Å². The Balaban J connectivity index is 1.40. The average molecular weight is 424 g/mol. The highest BCUT2D eigenvalue weighted by Gasteiger charge is 2.41. The van der Waals surface area contributed by atoms with Crippen LogP contribution in [0.15, 0.2) is 18.2 Å². The van der Waals surface area contributed by atoms with Crippen LogP contribution in [0, 0.1) is 5.92 Å². The van der Waals surface area contributed by atoms with E-state index >= 15 is 0 Å². The highest BCUT2D eigenvalue weighted by Crippen LogP contribution is 2.42. The molecule has 0 aromatic heterocycles. The number of benzene rings is 1. The summed E-state index contributed by atoms with van der Waals surface area (Å²) in [5.74, 6) is 1.69. The van der Waals surface area contributed by atoms with E-state index in [1.165, 1.54) is 24.0 Å². The third-order valence-electron chi connectivity index (χ3n) is 5.18. The summed E-state index contributed by atoms with van der Waals surface area (Å²) >= 11 is 2.46. The zero-order valence-electron chi connectivity index (χ0n) is 13.7. The molecule has 3 N–H and O–H groups in total. The minimum absolute atomic E-state index is 0.0595. The van der Waals surface area contributed by atoms with Crippen molar-refractivity contribution in [2.75, 3.05) is 6.61 Å². The van der Waals surface area contributed by atoms with Crippen LogP contribution in [-0.2, 0) is 13.0 Å². The third kappa shape index (κ3) is 4.43. The smallest absolute Gasteiger partial charge is 0.122 e. The van der Waals surface area contributed by atoms with Gasteiger partial charge in [-0.3, -0.25) is 0 Å². The molecule has 0 amide bonds. The van der Waals surface area contributed by atoms with Crippen LogP contribution < -0.4 is 15.8 Å². The summed E-state index contributed by atoms with van der Waals surface area (Å²) in [6.07, 6.45) is 7.49. The Labute approximate surface area is 154 Å². The fourth-order valence-electron chi connectivity index (χ4n) is 3.53. The maximum atomic E-state index is 6.50. The number of ether oxygens (including phenoxy) is 1. The Kier molecular flexibility index (Phi) is 5.91. The van der Waals surface area contributed by atoms with E-state index in [2.05, 4.69) is 46.1 Å². The second kappa shape index (κ2) is 7.75. The molecule has 23 heavy (non-hydrogen) atoms. The van der Waals surface area contributed by atoms with Crippen molar-refractivity contribution in [3.8, 4) is 5.75 Å². The normalized spacial score (nSPS) is 25.3. The van der Waals surface area contributed by atoms with Gasteiger partial charge in [0.25, 0.3) is 0 Å². The number of halogens is 1. The first-order valence-corrected chi connectivity index (χ1v) is 9.82. The molecule has 0 bridgehead atoms. The van der Waals surface area contributed by atoms with Gasteiger partial charge in [0, 0.05) is 19.0 Å². The van der Waals surface area contributed by atoms with Gasteiger partial charge in [-0.2, -0.15) is 0 Å². The molecule has 0 saturated heterocycles. The second-order valence-corrected chi connectivity index (χ2v) is 8.97. The summed E-state index contributed by atoms with van der Waals surface area (Å²) in [6, 6.07) is 7.17. The topological polar surface area (TPSA) is 47.3 Å². The van der Waals surface area contributed by atoms with Gasteiger partial charge >= 0.3 is 0 Å². The standard InChI is InChI=1S/C18H26BIN2O/c19-7-2-1-6-18(20,21)15-10-16(11-15)22-12-13-3-4-17-14(9-13)5-8-23-17/h3-4,9,15-16,22H,1-2,5-8,10-12,21H2. The van der Waals surface area contributed by atoms with Crippen molar-refractivity contribution in [1.29, 1.82) is 0 Å². The first-order chi connectivity index (χ1) is 11.1. The maximum Gasteiger partial charge on any atom is 0.122 e. The number of hydrogen-bond donors (Lipinski definition) is 2. The molecule has 1 saturated carbocycles. The van der Waals surface area contributed by atoms with Gasteiger partial charge in [-0.15, -0.1) is 0 Å². The second-order valence-electron chi connectivity index (χ2n) is 6.96. The molecule has 1 aliphatic carbocycles. The van der Waals surface area contributed by atoms with Crippen molar-refractivity contribution < 1.29 is 4.74 Å². The Morgan fingerprint density at radius 2 is 2.17 bits per heavy atom. The number of alkyl halides is 1. The molecule has 3 rings (SSSR count). The first kappa shape index (κ1) is 17.6. The predicted molar refractivity (Wildman–Crippen MR) is 104 cm³/mol. The van der Waals surface area contributed by atoms with Gasteiger partial charge in [0.2, 0.25) is 0 Å². The molecule has 3 nitrogen and oxygen atoms in total. The molecule has 2 aliphatic rings. The van der Waals surface area contributed by atoms with Gasteiger partial charge < -0.3 is 15.8 Å². The van der Waals surface area contributed by atoms with Crippen LogP contribution in [-0.4, -0.2) is 24.0 Å². The lowest BCUT2D eigenvalue weighted by atomic mass is 9.74. The van der Waals surface area contributed by atoms with Crippen molar-refractivity contribution in [3.63, 3.8) is 0 Å². The van der Waals surface area contributed by atoms with Crippen LogP contribution in [0.4, 0.5) is 0 Å². The van der Waals surface area contributed by atoms with E-state index in [0.29, 0.717) is 12.0 Å². The summed E-state index contributed by atoms with van der Waals surface area (Å²) in [4.78, 5) is 0. The number of unbranched alkanes of at least 4 members (excludes halogenated alkanes) is 1. The maximum absolute atomic E-state index is 6.50. The molecule has 1 heterocycles. The van der Waals surface area contributed by atoms with Crippen LogP contribution in [0.2, 0.25) is 6.32 Å². The van der Waals surface area contributed by atoms with Crippen molar-refractivity contribution in [3.05, 3.63) is 29.3 Å². The predicted octanol–water partition coefficient (Wildman–Crippen LogP) is 3.34. The molecule has 1 aliphatic heterocycles. The molecule has 1 aromatic carbocycles. The molecule has 124 valence electrons.